The Labute approximate surface area is 81.2 Å². The second kappa shape index (κ2) is 4.25. The molecule has 0 radical (unpaired) electrons. The Hall–Kier alpha value is -0.340. The fourth-order valence-corrected chi connectivity index (χ4v) is 2.63. The van der Waals surface area contributed by atoms with Crippen LogP contribution in [-0.4, -0.2) is 48.6 Å². The molecule has 0 saturated carbocycles. The molecule has 74 valence electrons. The molecular weight excluding hydrogens is 160 g/mol. The molecule has 2 fully saturated rings. The van der Waals surface area contributed by atoms with Gasteiger partial charge >= 0.3 is 0 Å². The molecule has 0 spiro atoms. The molecule has 2 aliphatic heterocycles. The van der Waals surface area contributed by atoms with Crippen LogP contribution in [0.3, 0.4) is 0 Å². The molecule has 2 heterocycles. The molecule has 0 N–H and O–H groups in total. The molecule has 2 aliphatic rings. The molecule has 2 saturated heterocycles. The molecule has 0 bridgehead atoms. The van der Waals surface area contributed by atoms with Gasteiger partial charge in [0.05, 0.1) is 0 Å². The van der Waals surface area contributed by atoms with Gasteiger partial charge in [-0.1, -0.05) is 6.08 Å². The fourth-order valence-electron chi connectivity index (χ4n) is 2.63. The summed E-state index contributed by atoms with van der Waals surface area (Å²) in [5.41, 5.74) is 0. The summed E-state index contributed by atoms with van der Waals surface area (Å²) < 4.78 is 0. The Morgan fingerprint density at radius 2 is 2.08 bits per heavy atom. The summed E-state index contributed by atoms with van der Waals surface area (Å²) in [6.45, 7) is 10.1. The van der Waals surface area contributed by atoms with Crippen LogP contribution in [-0.2, 0) is 0 Å². The lowest BCUT2D eigenvalue weighted by molar-refractivity contribution is 0.231. The Balaban J connectivity index is 1.92. The minimum Gasteiger partial charge on any atom is -0.299 e. The zero-order chi connectivity index (χ0) is 9.10. The Morgan fingerprint density at radius 3 is 2.92 bits per heavy atom. The average Bonchev–Trinajstić information content (AvgIpc) is 2.46. The van der Waals surface area contributed by atoms with Crippen molar-refractivity contribution >= 4 is 0 Å². The van der Waals surface area contributed by atoms with Crippen molar-refractivity contribution in [2.75, 3.05) is 32.7 Å². The molecule has 0 aromatic carbocycles. The van der Waals surface area contributed by atoms with E-state index in [1.807, 2.05) is 6.08 Å². The third-order valence-corrected chi connectivity index (χ3v) is 3.27. The monoisotopic (exact) mass is 180 g/mol. The lowest BCUT2D eigenvalue weighted by Gasteiger charge is -2.24. The van der Waals surface area contributed by atoms with E-state index in [-0.39, 0.29) is 0 Å². The van der Waals surface area contributed by atoms with Gasteiger partial charge in [0.25, 0.3) is 0 Å². The standard InChI is InChI=1S/C11H20N2/c1-2-6-12-7-4-9-13-8-3-5-11(13)10-12/h2,11H,1,3-10H2. The average molecular weight is 180 g/mol. The van der Waals surface area contributed by atoms with E-state index < -0.39 is 0 Å². The number of rotatable bonds is 2. The van der Waals surface area contributed by atoms with Crippen LogP contribution in [0.5, 0.6) is 0 Å². The van der Waals surface area contributed by atoms with Crippen LogP contribution in [0.2, 0.25) is 0 Å². The molecule has 0 aromatic heterocycles. The van der Waals surface area contributed by atoms with E-state index in [1.54, 1.807) is 0 Å². The maximum Gasteiger partial charge on any atom is 0.0223 e. The van der Waals surface area contributed by atoms with Crippen LogP contribution in [0.4, 0.5) is 0 Å². The Morgan fingerprint density at radius 1 is 1.23 bits per heavy atom. The maximum atomic E-state index is 3.82. The van der Waals surface area contributed by atoms with Crippen LogP contribution in [0.15, 0.2) is 12.7 Å². The molecular formula is C11H20N2. The lowest BCUT2D eigenvalue weighted by Crippen LogP contribution is -2.36. The normalized spacial score (nSPS) is 31.2. The highest BCUT2D eigenvalue weighted by Crippen LogP contribution is 2.20. The van der Waals surface area contributed by atoms with Crippen molar-refractivity contribution in [2.45, 2.75) is 25.3 Å². The topological polar surface area (TPSA) is 6.48 Å². The smallest absolute Gasteiger partial charge is 0.0223 e. The van der Waals surface area contributed by atoms with Crippen molar-refractivity contribution in [3.8, 4) is 0 Å². The SMILES string of the molecule is C=CCN1CCCN2CCCC2C1. The van der Waals surface area contributed by atoms with Gasteiger partial charge in [0.1, 0.15) is 0 Å². The van der Waals surface area contributed by atoms with Crippen molar-refractivity contribution in [1.29, 1.82) is 0 Å². The first-order valence-electron chi connectivity index (χ1n) is 5.47. The van der Waals surface area contributed by atoms with Gasteiger partial charge in [-0.3, -0.25) is 9.80 Å². The van der Waals surface area contributed by atoms with E-state index in [9.17, 15) is 0 Å². The molecule has 13 heavy (non-hydrogen) atoms. The molecule has 1 atom stereocenters. The van der Waals surface area contributed by atoms with Crippen molar-refractivity contribution < 1.29 is 0 Å². The predicted molar refractivity (Wildman–Crippen MR) is 55.8 cm³/mol. The summed E-state index contributed by atoms with van der Waals surface area (Å²) >= 11 is 0. The molecule has 2 nitrogen and oxygen atoms in total. The second-order valence-corrected chi connectivity index (χ2v) is 4.23. The third-order valence-electron chi connectivity index (χ3n) is 3.27. The third kappa shape index (κ3) is 2.12. The predicted octanol–water partition coefficient (Wildman–Crippen LogP) is 1.34. The number of nitrogens with zero attached hydrogens (tertiary/aromatic N) is 2. The van der Waals surface area contributed by atoms with Gasteiger partial charge in [0.15, 0.2) is 0 Å². The molecule has 1 unspecified atom stereocenters. The van der Waals surface area contributed by atoms with Crippen LogP contribution in [0.1, 0.15) is 19.3 Å². The van der Waals surface area contributed by atoms with E-state index in [1.165, 1.54) is 45.4 Å². The summed E-state index contributed by atoms with van der Waals surface area (Å²) in [6.07, 6.45) is 6.19. The quantitative estimate of drug-likeness (QED) is 0.592. The summed E-state index contributed by atoms with van der Waals surface area (Å²) in [5.74, 6) is 0. The first-order chi connectivity index (χ1) is 6.40. The summed E-state index contributed by atoms with van der Waals surface area (Å²) in [4.78, 5) is 5.21. The van der Waals surface area contributed by atoms with Gasteiger partial charge in [-0.05, 0) is 38.9 Å². The fraction of sp³-hybridized carbons (Fsp3) is 0.818. The van der Waals surface area contributed by atoms with E-state index in [0.29, 0.717) is 0 Å². The van der Waals surface area contributed by atoms with Crippen molar-refractivity contribution in [2.24, 2.45) is 0 Å². The number of hydrogen-bond acceptors (Lipinski definition) is 2. The van der Waals surface area contributed by atoms with Crippen LogP contribution in [0.25, 0.3) is 0 Å². The molecule has 2 heteroatoms. The number of hydrogen-bond donors (Lipinski definition) is 0. The van der Waals surface area contributed by atoms with Crippen molar-refractivity contribution in [3.63, 3.8) is 0 Å². The van der Waals surface area contributed by atoms with Crippen LogP contribution in [0, 0.1) is 0 Å². The van der Waals surface area contributed by atoms with Crippen LogP contribution >= 0.6 is 0 Å². The molecule has 0 aliphatic carbocycles. The van der Waals surface area contributed by atoms with E-state index in [2.05, 4.69) is 16.4 Å². The van der Waals surface area contributed by atoms with Gasteiger partial charge < -0.3 is 0 Å². The zero-order valence-corrected chi connectivity index (χ0v) is 8.41. The van der Waals surface area contributed by atoms with E-state index in [4.69, 9.17) is 0 Å². The largest absolute Gasteiger partial charge is 0.299 e. The Kier molecular flexibility index (Phi) is 3.01. The highest BCUT2D eigenvalue weighted by molar-refractivity contribution is 4.86. The first-order valence-corrected chi connectivity index (χ1v) is 5.47. The first kappa shape index (κ1) is 9.22. The highest BCUT2D eigenvalue weighted by Gasteiger charge is 2.27. The van der Waals surface area contributed by atoms with Crippen LogP contribution < -0.4 is 0 Å². The summed E-state index contributed by atoms with van der Waals surface area (Å²) in [5, 5.41) is 0. The molecule has 2 rings (SSSR count). The van der Waals surface area contributed by atoms with Crippen molar-refractivity contribution in [3.05, 3.63) is 12.7 Å². The minimum atomic E-state index is 0.849. The molecule has 0 amide bonds. The van der Waals surface area contributed by atoms with Gasteiger partial charge in [-0.2, -0.15) is 0 Å². The summed E-state index contributed by atoms with van der Waals surface area (Å²) in [7, 11) is 0. The minimum absolute atomic E-state index is 0.849. The summed E-state index contributed by atoms with van der Waals surface area (Å²) in [6, 6.07) is 0.849. The van der Waals surface area contributed by atoms with E-state index >= 15 is 0 Å². The van der Waals surface area contributed by atoms with Gasteiger partial charge in [-0.25, -0.2) is 0 Å². The van der Waals surface area contributed by atoms with E-state index in [0.717, 1.165) is 12.6 Å². The second-order valence-electron chi connectivity index (χ2n) is 4.23. The van der Waals surface area contributed by atoms with Gasteiger partial charge in [-0.15, -0.1) is 6.58 Å². The van der Waals surface area contributed by atoms with Gasteiger partial charge in [0.2, 0.25) is 0 Å². The molecule has 0 aromatic rings. The lowest BCUT2D eigenvalue weighted by atomic mass is 10.2. The zero-order valence-electron chi connectivity index (χ0n) is 8.41. The maximum absolute atomic E-state index is 3.82. The Bertz CT molecular complexity index is 179. The van der Waals surface area contributed by atoms with Crippen molar-refractivity contribution in [1.82, 2.24) is 9.80 Å². The highest BCUT2D eigenvalue weighted by atomic mass is 15.2. The van der Waals surface area contributed by atoms with Gasteiger partial charge in [0, 0.05) is 19.1 Å². The number of fused-ring (bicyclic) bond motifs is 1.